The number of benzene rings is 3. The molecule has 0 amide bonds. The lowest BCUT2D eigenvalue weighted by Gasteiger charge is -2.36. The molecule has 0 radical (unpaired) electrons. The molecule has 0 bridgehead atoms. The molecule has 178 valence electrons. The van der Waals surface area contributed by atoms with Gasteiger partial charge < -0.3 is 19.7 Å². The predicted molar refractivity (Wildman–Crippen MR) is 142 cm³/mol. The molecule has 0 saturated carbocycles. The number of hydrogen-bond acceptors (Lipinski definition) is 6. The van der Waals surface area contributed by atoms with Crippen LogP contribution in [0.4, 0.5) is 11.5 Å². The van der Waals surface area contributed by atoms with Gasteiger partial charge in [0.25, 0.3) is 0 Å². The number of nitrogens with one attached hydrogen (secondary N) is 1. The second kappa shape index (κ2) is 9.84. The van der Waals surface area contributed by atoms with Crippen molar-refractivity contribution in [2.45, 2.75) is 0 Å². The van der Waals surface area contributed by atoms with E-state index >= 15 is 0 Å². The summed E-state index contributed by atoms with van der Waals surface area (Å²) in [4.78, 5) is 9.70. The number of anilines is 2. The largest absolute Gasteiger partial charge is 0.486 e. The summed E-state index contributed by atoms with van der Waals surface area (Å²) in [7, 11) is 0. The molecule has 1 fully saturated rings. The van der Waals surface area contributed by atoms with E-state index in [0.717, 1.165) is 73.2 Å². The first-order valence-electron chi connectivity index (χ1n) is 12.4. The second-order valence-electron chi connectivity index (χ2n) is 9.02. The molecule has 2 aliphatic rings. The first-order chi connectivity index (χ1) is 17.3. The van der Waals surface area contributed by atoms with Gasteiger partial charge in [0.15, 0.2) is 11.5 Å². The van der Waals surface area contributed by atoms with Crippen LogP contribution in [-0.4, -0.2) is 62.4 Å². The summed E-state index contributed by atoms with van der Waals surface area (Å²) < 4.78 is 11.6. The Hall–Kier alpha value is -3.77. The van der Waals surface area contributed by atoms with E-state index in [1.54, 1.807) is 0 Å². The predicted octanol–water partition coefficient (Wildman–Crippen LogP) is 4.91. The fourth-order valence-corrected chi connectivity index (χ4v) is 4.89. The lowest BCUT2D eigenvalue weighted by molar-refractivity contribution is 0.172. The highest BCUT2D eigenvalue weighted by Crippen LogP contribution is 2.40. The van der Waals surface area contributed by atoms with Crippen molar-refractivity contribution in [2.75, 3.05) is 62.7 Å². The van der Waals surface area contributed by atoms with E-state index in [4.69, 9.17) is 14.5 Å². The van der Waals surface area contributed by atoms with Crippen LogP contribution in [0.5, 0.6) is 11.5 Å². The highest BCUT2D eigenvalue weighted by atomic mass is 16.6. The minimum absolute atomic E-state index is 0.598. The number of pyridine rings is 1. The molecular weight excluding hydrogens is 436 g/mol. The summed E-state index contributed by atoms with van der Waals surface area (Å²) in [5.74, 6) is 2.63. The van der Waals surface area contributed by atoms with E-state index in [-0.39, 0.29) is 0 Å². The molecule has 35 heavy (non-hydrogen) atoms. The van der Waals surface area contributed by atoms with Gasteiger partial charge >= 0.3 is 0 Å². The van der Waals surface area contributed by atoms with Crippen LogP contribution >= 0.6 is 0 Å². The summed E-state index contributed by atoms with van der Waals surface area (Å²) in [6.45, 7) is 7.31. The fourth-order valence-electron chi connectivity index (χ4n) is 4.89. The van der Waals surface area contributed by atoms with Crippen LogP contribution in [0, 0.1) is 0 Å². The minimum Gasteiger partial charge on any atom is -0.486 e. The van der Waals surface area contributed by atoms with Gasteiger partial charge in [0.1, 0.15) is 19.0 Å². The molecular formula is C29H30N4O2. The molecule has 0 spiro atoms. The summed E-state index contributed by atoms with van der Waals surface area (Å²) in [6.07, 6.45) is 0. The van der Waals surface area contributed by atoms with Crippen molar-refractivity contribution in [3.63, 3.8) is 0 Å². The van der Waals surface area contributed by atoms with Gasteiger partial charge in [-0.1, -0.05) is 42.5 Å². The van der Waals surface area contributed by atoms with Crippen molar-refractivity contribution in [3.8, 4) is 22.6 Å². The smallest absolute Gasteiger partial charge is 0.169 e. The third kappa shape index (κ3) is 4.75. The van der Waals surface area contributed by atoms with Crippen LogP contribution in [0.1, 0.15) is 0 Å². The highest BCUT2D eigenvalue weighted by Gasteiger charge is 2.19. The fraction of sp³-hybridized carbons (Fsp3) is 0.276. The third-order valence-corrected chi connectivity index (χ3v) is 6.81. The zero-order chi connectivity index (χ0) is 23.5. The van der Waals surface area contributed by atoms with Crippen molar-refractivity contribution in [3.05, 3.63) is 78.9 Å². The number of para-hydroxylation sites is 2. The summed E-state index contributed by atoms with van der Waals surface area (Å²) >= 11 is 0. The van der Waals surface area contributed by atoms with Crippen molar-refractivity contribution >= 4 is 22.4 Å². The monoisotopic (exact) mass is 466 g/mol. The van der Waals surface area contributed by atoms with Crippen LogP contribution in [0.25, 0.3) is 22.0 Å². The molecule has 1 saturated heterocycles. The molecule has 0 aliphatic carbocycles. The Balaban J connectivity index is 1.02. The standard InChI is InChI=1S/C29H30N4O2/c1-2-6-26-23(4-1)10-13-28(31-26)30-14-15-32-16-18-33(19-17-32)24-11-8-22(9-12-24)25-5-3-7-27-29(25)35-21-20-34-27/h1-13H,14-21H2,(H,30,31). The number of fused-ring (bicyclic) bond motifs is 2. The van der Waals surface area contributed by atoms with Crippen molar-refractivity contribution in [2.24, 2.45) is 0 Å². The zero-order valence-electron chi connectivity index (χ0n) is 19.8. The maximum absolute atomic E-state index is 5.90. The normalized spacial score (nSPS) is 15.8. The van der Waals surface area contributed by atoms with Gasteiger partial charge in [0.05, 0.1) is 5.52 Å². The number of aromatic nitrogens is 1. The average Bonchev–Trinajstić information content (AvgIpc) is 2.93. The molecule has 0 atom stereocenters. The second-order valence-corrected chi connectivity index (χ2v) is 9.02. The SMILES string of the molecule is c1cc2c(c(-c3ccc(N4CCN(CCNc5ccc6ccccc6n5)CC4)cc3)c1)OCCO2. The molecule has 1 aromatic heterocycles. The summed E-state index contributed by atoms with van der Waals surface area (Å²) in [5.41, 5.74) is 4.55. The Kier molecular flexibility index (Phi) is 6.11. The van der Waals surface area contributed by atoms with Gasteiger partial charge in [-0.3, -0.25) is 4.90 Å². The Morgan fingerprint density at radius 2 is 1.60 bits per heavy atom. The average molecular weight is 467 g/mol. The van der Waals surface area contributed by atoms with E-state index in [1.807, 2.05) is 24.3 Å². The summed E-state index contributed by atoms with van der Waals surface area (Å²) in [6, 6.07) is 27.3. The molecule has 0 unspecified atom stereocenters. The number of ether oxygens (including phenoxy) is 2. The third-order valence-electron chi connectivity index (χ3n) is 6.81. The minimum atomic E-state index is 0.598. The van der Waals surface area contributed by atoms with Gasteiger partial charge in [-0.15, -0.1) is 0 Å². The van der Waals surface area contributed by atoms with Crippen LogP contribution in [0.15, 0.2) is 78.9 Å². The van der Waals surface area contributed by atoms with Crippen molar-refractivity contribution in [1.82, 2.24) is 9.88 Å². The maximum Gasteiger partial charge on any atom is 0.169 e. The Morgan fingerprint density at radius 3 is 2.49 bits per heavy atom. The molecule has 6 heteroatoms. The quantitative estimate of drug-likeness (QED) is 0.436. The van der Waals surface area contributed by atoms with Crippen molar-refractivity contribution < 1.29 is 9.47 Å². The first kappa shape index (κ1) is 21.7. The number of nitrogens with zero attached hydrogens (tertiary/aromatic N) is 3. The Labute approximate surface area is 206 Å². The highest BCUT2D eigenvalue weighted by molar-refractivity contribution is 5.80. The first-order valence-corrected chi connectivity index (χ1v) is 12.4. The van der Waals surface area contributed by atoms with Crippen LogP contribution in [0.3, 0.4) is 0 Å². The topological polar surface area (TPSA) is 49.9 Å². The van der Waals surface area contributed by atoms with E-state index in [9.17, 15) is 0 Å². The van der Waals surface area contributed by atoms with Gasteiger partial charge in [-0.2, -0.15) is 0 Å². The number of rotatable bonds is 6. The molecule has 3 heterocycles. The summed E-state index contributed by atoms with van der Waals surface area (Å²) in [5, 5.41) is 4.66. The van der Waals surface area contributed by atoms with Gasteiger partial charge in [0.2, 0.25) is 0 Å². The van der Waals surface area contributed by atoms with Crippen molar-refractivity contribution in [1.29, 1.82) is 0 Å². The maximum atomic E-state index is 5.90. The zero-order valence-corrected chi connectivity index (χ0v) is 19.8. The lowest BCUT2D eigenvalue weighted by atomic mass is 10.0. The van der Waals surface area contributed by atoms with Gasteiger partial charge in [-0.25, -0.2) is 4.98 Å². The van der Waals surface area contributed by atoms with Gasteiger partial charge in [-0.05, 0) is 42.0 Å². The van der Waals surface area contributed by atoms with Crippen LogP contribution in [-0.2, 0) is 0 Å². The Bertz CT molecular complexity index is 1300. The van der Waals surface area contributed by atoms with Gasteiger partial charge in [0, 0.05) is 55.9 Å². The van der Waals surface area contributed by atoms with E-state index in [2.05, 4.69) is 69.7 Å². The molecule has 1 N–H and O–H groups in total. The van der Waals surface area contributed by atoms with E-state index in [0.29, 0.717) is 13.2 Å². The van der Waals surface area contributed by atoms with E-state index in [1.165, 1.54) is 11.1 Å². The molecule has 2 aliphatic heterocycles. The number of piperazine rings is 1. The molecule has 6 nitrogen and oxygen atoms in total. The molecule has 4 aromatic rings. The lowest BCUT2D eigenvalue weighted by Crippen LogP contribution is -2.47. The molecule has 3 aromatic carbocycles. The number of hydrogen-bond donors (Lipinski definition) is 1. The molecule has 6 rings (SSSR count). The van der Waals surface area contributed by atoms with Crippen LogP contribution in [0.2, 0.25) is 0 Å². The van der Waals surface area contributed by atoms with Crippen LogP contribution < -0.4 is 19.7 Å². The Morgan fingerprint density at radius 1 is 0.771 bits per heavy atom. The van der Waals surface area contributed by atoms with E-state index < -0.39 is 0 Å².